The third-order valence-corrected chi connectivity index (χ3v) is 4.80. The first-order valence-electron chi connectivity index (χ1n) is 9.91. The first-order chi connectivity index (χ1) is 14.5. The van der Waals surface area contributed by atoms with E-state index < -0.39 is 5.97 Å². The van der Waals surface area contributed by atoms with Gasteiger partial charge in [-0.25, -0.2) is 14.5 Å². The number of pyridine rings is 2. The molecule has 3 rings (SSSR count). The van der Waals surface area contributed by atoms with E-state index in [9.17, 15) is 4.79 Å². The van der Waals surface area contributed by atoms with Crippen molar-refractivity contribution in [2.75, 3.05) is 7.11 Å². The number of hydrogen-bond acceptors (Lipinski definition) is 5. The number of aryl methyl sites for hydroxylation is 3. The number of hydrogen-bond donors (Lipinski definition) is 1. The number of aromatic nitrogens is 4. The highest BCUT2D eigenvalue weighted by Crippen LogP contribution is 2.34. The maximum absolute atomic E-state index is 10.8. The second-order valence-corrected chi connectivity index (χ2v) is 6.91. The van der Waals surface area contributed by atoms with Gasteiger partial charge in [-0.2, -0.15) is 5.10 Å². The van der Waals surface area contributed by atoms with Crippen molar-refractivity contribution in [3.63, 3.8) is 0 Å². The van der Waals surface area contributed by atoms with Crippen LogP contribution in [-0.2, 0) is 29.1 Å². The summed E-state index contributed by atoms with van der Waals surface area (Å²) in [5.41, 5.74) is 6.51. The number of aliphatic carboxylic acids is 1. The molecule has 0 aliphatic carbocycles. The van der Waals surface area contributed by atoms with Crippen molar-refractivity contribution in [3.05, 3.63) is 59.1 Å². The molecule has 0 saturated carbocycles. The van der Waals surface area contributed by atoms with Gasteiger partial charge in [-0.05, 0) is 37.5 Å². The van der Waals surface area contributed by atoms with Gasteiger partial charge in [0.15, 0.2) is 5.65 Å². The van der Waals surface area contributed by atoms with Crippen molar-refractivity contribution in [2.45, 2.75) is 40.3 Å². The van der Waals surface area contributed by atoms with Crippen molar-refractivity contribution in [1.82, 2.24) is 19.7 Å². The van der Waals surface area contributed by atoms with Gasteiger partial charge in [0.05, 0.1) is 17.7 Å². The summed E-state index contributed by atoms with van der Waals surface area (Å²) in [5, 5.41) is 14.7. The second kappa shape index (κ2) is 9.45. The summed E-state index contributed by atoms with van der Waals surface area (Å²) in [4.78, 5) is 20.0. The van der Waals surface area contributed by atoms with E-state index in [1.54, 1.807) is 13.2 Å². The third-order valence-electron chi connectivity index (χ3n) is 4.80. The van der Waals surface area contributed by atoms with E-state index in [4.69, 9.17) is 19.9 Å². The lowest BCUT2D eigenvalue weighted by Crippen LogP contribution is -2.05. The van der Waals surface area contributed by atoms with E-state index in [2.05, 4.69) is 18.0 Å². The quantitative estimate of drug-likeness (QED) is 0.446. The molecule has 156 valence electrons. The standard InChI is InChI=1S/C23H26N4O3/c1-5-17-18(9-7-8-10-20(28)29)19(14-30-4)25-23-21(17)22(26-27(23)6-2)16-11-15(3)12-24-13-16/h7-13H,5-6,14H2,1-4H3,(H,28,29)/b9-7+,10-8+. The smallest absolute Gasteiger partial charge is 0.328 e. The van der Waals surface area contributed by atoms with E-state index in [1.165, 1.54) is 6.08 Å². The van der Waals surface area contributed by atoms with Crippen LogP contribution in [-0.4, -0.2) is 37.9 Å². The lowest BCUT2D eigenvalue weighted by Gasteiger charge is -2.13. The van der Waals surface area contributed by atoms with Crippen LogP contribution in [0, 0.1) is 6.92 Å². The van der Waals surface area contributed by atoms with Crippen molar-refractivity contribution in [3.8, 4) is 11.3 Å². The van der Waals surface area contributed by atoms with Crippen LogP contribution in [0.5, 0.6) is 0 Å². The Labute approximate surface area is 175 Å². The number of carbonyl (C=O) groups is 1. The van der Waals surface area contributed by atoms with Crippen LogP contribution in [0.25, 0.3) is 28.4 Å². The third kappa shape index (κ3) is 4.31. The van der Waals surface area contributed by atoms with Gasteiger partial charge in [0, 0.05) is 43.3 Å². The summed E-state index contributed by atoms with van der Waals surface area (Å²) < 4.78 is 7.30. The minimum atomic E-state index is -0.987. The summed E-state index contributed by atoms with van der Waals surface area (Å²) in [6.45, 7) is 7.18. The van der Waals surface area contributed by atoms with Crippen LogP contribution in [0.1, 0.15) is 36.2 Å². The average Bonchev–Trinajstić information content (AvgIpc) is 3.09. The highest BCUT2D eigenvalue weighted by molar-refractivity contribution is 5.96. The van der Waals surface area contributed by atoms with Crippen LogP contribution >= 0.6 is 0 Å². The summed E-state index contributed by atoms with van der Waals surface area (Å²) in [7, 11) is 1.64. The fraction of sp³-hybridized carbons (Fsp3) is 0.304. The number of methoxy groups -OCH3 is 1. The van der Waals surface area contributed by atoms with E-state index in [0.29, 0.717) is 13.2 Å². The molecule has 0 atom stereocenters. The van der Waals surface area contributed by atoms with Crippen LogP contribution in [0.15, 0.2) is 36.7 Å². The van der Waals surface area contributed by atoms with Gasteiger partial charge in [-0.1, -0.05) is 25.2 Å². The minimum absolute atomic E-state index is 0.349. The predicted octanol–water partition coefficient (Wildman–Crippen LogP) is 4.18. The van der Waals surface area contributed by atoms with Crippen LogP contribution in [0.2, 0.25) is 0 Å². The SMILES string of the molecule is CCc1c(/C=C/C=C/C(=O)O)c(COC)nc2c1c(-c1cncc(C)c1)nn2CC. The highest BCUT2D eigenvalue weighted by Gasteiger charge is 2.21. The molecule has 3 heterocycles. The molecule has 7 nitrogen and oxygen atoms in total. The fourth-order valence-corrected chi connectivity index (χ4v) is 3.55. The average molecular weight is 406 g/mol. The molecule has 0 aromatic carbocycles. The molecule has 0 fully saturated rings. The molecule has 0 radical (unpaired) electrons. The monoisotopic (exact) mass is 406 g/mol. The van der Waals surface area contributed by atoms with E-state index in [0.717, 1.165) is 57.2 Å². The number of carboxylic acid groups (broad SMARTS) is 1. The topological polar surface area (TPSA) is 90.1 Å². The summed E-state index contributed by atoms with van der Waals surface area (Å²) in [5.74, 6) is -0.987. The Morgan fingerprint density at radius 3 is 2.70 bits per heavy atom. The van der Waals surface area contributed by atoms with Crippen LogP contribution in [0.3, 0.4) is 0 Å². The van der Waals surface area contributed by atoms with Crippen molar-refractivity contribution in [2.24, 2.45) is 0 Å². The van der Waals surface area contributed by atoms with Crippen LogP contribution < -0.4 is 0 Å². The van der Waals surface area contributed by atoms with Gasteiger partial charge in [0.1, 0.15) is 5.69 Å². The Bertz CT molecular complexity index is 1130. The summed E-state index contributed by atoms with van der Waals surface area (Å²) in [6, 6.07) is 2.07. The molecule has 1 N–H and O–H groups in total. The molecule has 3 aromatic rings. The molecular formula is C23H26N4O3. The molecule has 30 heavy (non-hydrogen) atoms. The first-order valence-corrected chi connectivity index (χ1v) is 9.91. The minimum Gasteiger partial charge on any atom is -0.478 e. The Hall–Kier alpha value is -3.32. The Morgan fingerprint density at radius 1 is 1.27 bits per heavy atom. The van der Waals surface area contributed by atoms with Gasteiger partial charge in [0.2, 0.25) is 0 Å². The number of ether oxygens (including phenoxy) is 1. The maximum Gasteiger partial charge on any atom is 0.328 e. The molecule has 3 aromatic heterocycles. The number of rotatable bonds is 8. The normalized spacial score (nSPS) is 11.9. The van der Waals surface area contributed by atoms with E-state index >= 15 is 0 Å². The number of nitrogens with zero attached hydrogens (tertiary/aromatic N) is 4. The fourth-order valence-electron chi connectivity index (χ4n) is 3.55. The predicted molar refractivity (Wildman–Crippen MR) is 117 cm³/mol. The van der Waals surface area contributed by atoms with Gasteiger partial charge in [0.25, 0.3) is 0 Å². The molecular weight excluding hydrogens is 380 g/mol. The van der Waals surface area contributed by atoms with Crippen molar-refractivity contribution >= 4 is 23.1 Å². The van der Waals surface area contributed by atoms with E-state index in [-0.39, 0.29) is 0 Å². The molecule has 0 amide bonds. The molecule has 0 spiro atoms. The van der Waals surface area contributed by atoms with Gasteiger partial charge in [-0.3, -0.25) is 4.98 Å². The molecule has 0 bridgehead atoms. The van der Waals surface area contributed by atoms with E-state index in [1.807, 2.05) is 37.0 Å². The van der Waals surface area contributed by atoms with Gasteiger partial charge in [-0.15, -0.1) is 0 Å². The lowest BCUT2D eigenvalue weighted by atomic mass is 9.97. The molecule has 0 aliphatic heterocycles. The molecule has 0 unspecified atom stereocenters. The number of carboxylic acids is 1. The van der Waals surface area contributed by atoms with Crippen LogP contribution in [0.4, 0.5) is 0 Å². The second-order valence-electron chi connectivity index (χ2n) is 6.91. The molecule has 0 aliphatic rings. The van der Waals surface area contributed by atoms with Gasteiger partial charge < -0.3 is 9.84 Å². The largest absolute Gasteiger partial charge is 0.478 e. The lowest BCUT2D eigenvalue weighted by molar-refractivity contribution is -0.131. The Balaban J connectivity index is 2.32. The number of fused-ring (bicyclic) bond motifs is 1. The zero-order valence-electron chi connectivity index (χ0n) is 17.7. The Morgan fingerprint density at radius 2 is 2.07 bits per heavy atom. The summed E-state index contributed by atoms with van der Waals surface area (Å²) in [6.07, 6.45) is 10.6. The molecule has 7 heteroatoms. The highest BCUT2D eigenvalue weighted by atomic mass is 16.5. The van der Waals surface area contributed by atoms with Gasteiger partial charge >= 0.3 is 5.97 Å². The summed E-state index contributed by atoms with van der Waals surface area (Å²) >= 11 is 0. The van der Waals surface area contributed by atoms with Crippen molar-refractivity contribution < 1.29 is 14.6 Å². The number of allylic oxidation sites excluding steroid dienone is 2. The molecule has 0 saturated heterocycles. The zero-order valence-corrected chi connectivity index (χ0v) is 17.7. The van der Waals surface area contributed by atoms with Crippen molar-refractivity contribution in [1.29, 1.82) is 0 Å². The zero-order chi connectivity index (χ0) is 21.7. The first kappa shape index (κ1) is 21.4. The Kier molecular flexibility index (Phi) is 6.74. The maximum atomic E-state index is 10.8.